The first-order chi connectivity index (χ1) is 9.76. The van der Waals surface area contributed by atoms with Gasteiger partial charge in [-0.25, -0.2) is 9.79 Å². The van der Waals surface area contributed by atoms with Crippen LogP contribution < -0.4 is 0 Å². The third kappa shape index (κ3) is 2.69. The molecule has 0 radical (unpaired) electrons. The van der Waals surface area contributed by atoms with Gasteiger partial charge in [0, 0.05) is 4.90 Å². The van der Waals surface area contributed by atoms with Gasteiger partial charge in [-0.2, -0.15) is 0 Å². The van der Waals surface area contributed by atoms with Gasteiger partial charge in [-0.3, -0.25) is 0 Å². The molecule has 20 heavy (non-hydrogen) atoms. The molecule has 5 heteroatoms. The number of ether oxygens (including phenoxy) is 1. The molecule has 0 spiro atoms. The molecular formula is C15H11NO2S2. The Labute approximate surface area is 125 Å². The Morgan fingerprint density at radius 3 is 2.70 bits per heavy atom. The first-order valence-corrected chi connectivity index (χ1v) is 8.07. The number of thiophene rings is 1. The summed E-state index contributed by atoms with van der Waals surface area (Å²) in [5.41, 5.74) is 1.27. The highest BCUT2D eigenvalue weighted by atomic mass is 32.2. The lowest BCUT2D eigenvalue weighted by molar-refractivity contribution is -0.129. The minimum absolute atomic E-state index is 0.338. The molecule has 0 saturated heterocycles. The van der Waals surface area contributed by atoms with Crippen molar-refractivity contribution in [3.63, 3.8) is 0 Å². The van der Waals surface area contributed by atoms with E-state index < -0.39 is 5.97 Å². The van der Waals surface area contributed by atoms with Gasteiger partial charge in [0.25, 0.3) is 0 Å². The molecule has 0 amide bonds. The summed E-state index contributed by atoms with van der Waals surface area (Å²) in [6, 6.07) is 11.7. The molecule has 0 fully saturated rings. The van der Waals surface area contributed by atoms with Gasteiger partial charge in [-0.05, 0) is 41.5 Å². The molecule has 1 aliphatic heterocycles. The minimum Gasteiger partial charge on any atom is -0.401 e. The molecule has 3 nitrogen and oxygen atoms in total. The van der Waals surface area contributed by atoms with E-state index in [9.17, 15) is 4.79 Å². The second-order valence-corrected chi connectivity index (χ2v) is 5.91. The van der Waals surface area contributed by atoms with Crippen LogP contribution in [0.25, 0.3) is 6.08 Å². The number of esters is 1. The number of carbonyl (C=O) groups excluding carboxylic acids is 1. The molecule has 0 atom stereocenters. The van der Waals surface area contributed by atoms with Gasteiger partial charge >= 0.3 is 5.97 Å². The summed E-state index contributed by atoms with van der Waals surface area (Å²) in [5, 5.41) is 1.93. The predicted molar refractivity (Wildman–Crippen MR) is 83.1 cm³/mol. The van der Waals surface area contributed by atoms with Gasteiger partial charge in [0.1, 0.15) is 0 Å². The number of cyclic esters (lactones) is 1. The van der Waals surface area contributed by atoms with E-state index in [1.165, 1.54) is 16.2 Å². The van der Waals surface area contributed by atoms with Gasteiger partial charge < -0.3 is 4.74 Å². The molecule has 1 aromatic heterocycles. The summed E-state index contributed by atoms with van der Waals surface area (Å²) < 4.78 is 5.18. The average molecular weight is 301 g/mol. The van der Waals surface area contributed by atoms with Crippen molar-refractivity contribution < 1.29 is 9.53 Å². The molecule has 1 aliphatic rings. The Morgan fingerprint density at radius 2 is 2.05 bits per heavy atom. The number of thioether (sulfide) groups is 1. The lowest BCUT2D eigenvalue weighted by Gasteiger charge is -1.97. The Balaban J connectivity index is 1.88. The van der Waals surface area contributed by atoms with Crippen LogP contribution in [0.2, 0.25) is 0 Å². The van der Waals surface area contributed by atoms with Crippen molar-refractivity contribution in [3.8, 4) is 0 Å². The zero-order valence-corrected chi connectivity index (χ0v) is 12.3. The third-order valence-corrected chi connectivity index (χ3v) is 4.37. The van der Waals surface area contributed by atoms with Crippen LogP contribution in [0.1, 0.15) is 10.4 Å². The van der Waals surface area contributed by atoms with E-state index in [0.29, 0.717) is 11.6 Å². The van der Waals surface area contributed by atoms with Crippen LogP contribution in [0.15, 0.2) is 57.4 Å². The number of rotatable bonds is 3. The summed E-state index contributed by atoms with van der Waals surface area (Å²) in [6.45, 7) is 0. The lowest BCUT2D eigenvalue weighted by atomic mass is 10.2. The summed E-state index contributed by atoms with van der Waals surface area (Å²) in [4.78, 5) is 18.1. The van der Waals surface area contributed by atoms with Gasteiger partial charge in [0.2, 0.25) is 5.90 Å². The highest BCUT2D eigenvalue weighted by Crippen LogP contribution is 2.22. The molecule has 0 bridgehead atoms. The van der Waals surface area contributed by atoms with E-state index >= 15 is 0 Å². The van der Waals surface area contributed by atoms with Gasteiger partial charge in [0.05, 0.1) is 4.88 Å². The minimum atomic E-state index is -0.401. The molecule has 2 heterocycles. The number of carbonyl (C=O) groups is 1. The Kier molecular flexibility index (Phi) is 3.71. The van der Waals surface area contributed by atoms with Crippen LogP contribution >= 0.6 is 23.1 Å². The van der Waals surface area contributed by atoms with E-state index in [2.05, 4.69) is 4.99 Å². The average Bonchev–Trinajstić information content (AvgIpc) is 3.10. The van der Waals surface area contributed by atoms with Crippen LogP contribution in [-0.4, -0.2) is 18.1 Å². The van der Waals surface area contributed by atoms with Gasteiger partial charge in [-0.15, -0.1) is 23.1 Å². The quantitative estimate of drug-likeness (QED) is 0.491. The summed E-state index contributed by atoms with van der Waals surface area (Å²) >= 11 is 3.18. The van der Waals surface area contributed by atoms with E-state index in [4.69, 9.17) is 4.74 Å². The molecular weight excluding hydrogens is 290 g/mol. The van der Waals surface area contributed by atoms with Crippen molar-refractivity contribution >= 4 is 41.0 Å². The second kappa shape index (κ2) is 5.64. The Morgan fingerprint density at radius 1 is 1.25 bits per heavy atom. The van der Waals surface area contributed by atoms with Crippen LogP contribution in [-0.2, 0) is 9.53 Å². The van der Waals surface area contributed by atoms with E-state index in [1.807, 2.05) is 48.0 Å². The van der Waals surface area contributed by atoms with E-state index in [-0.39, 0.29) is 0 Å². The van der Waals surface area contributed by atoms with Crippen molar-refractivity contribution in [2.75, 3.05) is 6.26 Å². The summed E-state index contributed by atoms with van der Waals surface area (Å²) in [7, 11) is 0. The fourth-order valence-corrected chi connectivity index (χ4v) is 2.83. The van der Waals surface area contributed by atoms with Crippen molar-refractivity contribution in [2.24, 2.45) is 4.99 Å². The first kappa shape index (κ1) is 13.1. The van der Waals surface area contributed by atoms with E-state index in [1.54, 1.807) is 17.8 Å². The molecule has 0 aliphatic carbocycles. The maximum Gasteiger partial charge on any atom is 0.363 e. The van der Waals surface area contributed by atoms with E-state index in [0.717, 1.165) is 10.4 Å². The third-order valence-electron chi connectivity index (χ3n) is 2.77. The maximum absolute atomic E-state index is 11.8. The largest absolute Gasteiger partial charge is 0.401 e. The predicted octanol–water partition coefficient (Wildman–Crippen LogP) is 3.81. The number of hydrogen-bond donors (Lipinski definition) is 0. The topological polar surface area (TPSA) is 38.7 Å². The molecule has 100 valence electrons. The molecule has 1 aromatic carbocycles. The zero-order valence-electron chi connectivity index (χ0n) is 10.7. The number of hydrogen-bond acceptors (Lipinski definition) is 5. The second-order valence-electron chi connectivity index (χ2n) is 4.09. The molecule has 3 rings (SSSR count). The van der Waals surface area contributed by atoms with Gasteiger partial charge in [-0.1, -0.05) is 18.2 Å². The van der Waals surface area contributed by atoms with Gasteiger partial charge in [0.15, 0.2) is 5.70 Å². The molecule has 2 aromatic rings. The van der Waals surface area contributed by atoms with Crippen molar-refractivity contribution in [2.45, 2.75) is 4.90 Å². The van der Waals surface area contributed by atoms with Crippen molar-refractivity contribution in [1.29, 1.82) is 0 Å². The lowest BCUT2D eigenvalue weighted by Crippen LogP contribution is -2.03. The summed E-state index contributed by atoms with van der Waals surface area (Å²) in [5.74, 6) is -0.0145. The molecule has 0 saturated carbocycles. The number of benzene rings is 1. The fourth-order valence-electron chi connectivity index (χ4n) is 1.77. The van der Waals surface area contributed by atoms with Crippen LogP contribution in [0, 0.1) is 0 Å². The highest BCUT2D eigenvalue weighted by molar-refractivity contribution is 7.98. The van der Waals surface area contributed by atoms with Crippen molar-refractivity contribution in [1.82, 2.24) is 0 Å². The Bertz CT molecular complexity index is 685. The fraction of sp³-hybridized carbons (Fsp3) is 0.0667. The Hall–Kier alpha value is -1.85. The monoisotopic (exact) mass is 301 g/mol. The first-order valence-electron chi connectivity index (χ1n) is 5.97. The normalized spacial score (nSPS) is 16.4. The molecule has 0 unspecified atom stereocenters. The molecule has 0 N–H and O–H groups in total. The van der Waals surface area contributed by atoms with Crippen LogP contribution in [0.4, 0.5) is 0 Å². The van der Waals surface area contributed by atoms with Crippen LogP contribution in [0.3, 0.4) is 0 Å². The van der Waals surface area contributed by atoms with Crippen molar-refractivity contribution in [3.05, 3.63) is 57.9 Å². The van der Waals surface area contributed by atoms with Crippen LogP contribution in [0.5, 0.6) is 0 Å². The standard InChI is InChI=1S/C15H11NO2S2/c1-19-11-6-4-10(5-7-11)9-12-15(17)18-14(16-12)13-3-2-8-20-13/h2-9H,1H3/b12-9+. The smallest absolute Gasteiger partial charge is 0.363 e. The maximum atomic E-state index is 11.8. The zero-order chi connectivity index (χ0) is 13.9. The summed E-state index contributed by atoms with van der Waals surface area (Å²) in [6.07, 6.45) is 3.77. The number of aliphatic imine (C=N–C) groups is 1. The number of nitrogens with zero attached hydrogens (tertiary/aromatic N) is 1. The highest BCUT2D eigenvalue weighted by Gasteiger charge is 2.24. The SMILES string of the molecule is CSc1ccc(/C=C2/N=C(c3cccs3)OC2=O)cc1.